The van der Waals surface area contributed by atoms with Crippen LogP contribution in [-0.2, 0) is 6.42 Å². The summed E-state index contributed by atoms with van der Waals surface area (Å²) in [5, 5.41) is 5.59. The monoisotopic (exact) mass is 398 g/mol. The van der Waals surface area contributed by atoms with Gasteiger partial charge in [0.15, 0.2) is 0 Å². The molecule has 3 aromatic heterocycles. The highest BCUT2D eigenvalue weighted by Gasteiger charge is 2.09. The minimum atomic E-state index is 0.454. The minimum absolute atomic E-state index is 0.454. The molecule has 0 spiro atoms. The van der Waals surface area contributed by atoms with E-state index in [1.807, 2.05) is 42.7 Å². The Morgan fingerprint density at radius 3 is 2.87 bits per heavy atom. The molecule has 30 heavy (non-hydrogen) atoms. The van der Waals surface area contributed by atoms with Crippen LogP contribution >= 0.6 is 0 Å². The summed E-state index contributed by atoms with van der Waals surface area (Å²) in [6, 6.07) is 14.2. The lowest BCUT2D eigenvalue weighted by molar-refractivity contribution is 0.415. The molecular formula is C23H22N6O. The van der Waals surface area contributed by atoms with Gasteiger partial charge in [0.25, 0.3) is 0 Å². The number of fused-ring (bicyclic) bond motifs is 2. The number of nitrogens with zero attached hydrogens (tertiary/aromatic N) is 2. The summed E-state index contributed by atoms with van der Waals surface area (Å²) < 4.78 is 5.33. The van der Waals surface area contributed by atoms with Gasteiger partial charge in [0.1, 0.15) is 11.6 Å². The maximum absolute atomic E-state index is 6.23. The molecule has 0 amide bonds. The highest BCUT2D eigenvalue weighted by Crippen LogP contribution is 2.28. The molecule has 0 radical (unpaired) electrons. The van der Waals surface area contributed by atoms with Crippen molar-refractivity contribution in [2.75, 3.05) is 24.7 Å². The van der Waals surface area contributed by atoms with Crippen molar-refractivity contribution >= 4 is 33.6 Å². The maximum atomic E-state index is 6.23. The second-order valence-corrected chi connectivity index (χ2v) is 7.17. The molecule has 5 rings (SSSR count). The fourth-order valence-corrected chi connectivity index (χ4v) is 3.72. The van der Waals surface area contributed by atoms with Gasteiger partial charge < -0.3 is 25.8 Å². The highest BCUT2D eigenvalue weighted by molar-refractivity contribution is 5.87. The van der Waals surface area contributed by atoms with Gasteiger partial charge in [-0.15, -0.1) is 0 Å². The molecule has 0 aliphatic rings. The van der Waals surface area contributed by atoms with Gasteiger partial charge in [-0.1, -0.05) is 12.1 Å². The highest BCUT2D eigenvalue weighted by atomic mass is 16.5. The molecule has 150 valence electrons. The van der Waals surface area contributed by atoms with E-state index in [1.54, 1.807) is 13.3 Å². The third-order valence-corrected chi connectivity index (χ3v) is 5.34. The molecule has 2 aromatic carbocycles. The molecule has 0 aliphatic carbocycles. The quantitative estimate of drug-likeness (QED) is 0.340. The van der Waals surface area contributed by atoms with Crippen molar-refractivity contribution in [2.45, 2.75) is 6.42 Å². The first kappa shape index (κ1) is 18.1. The molecule has 3 heterocycles. The predicted molar refractivity (Wildman–Crippen MR) is 121 cm³/mol. The minimum Gasteiger partial charge on any atom is -0.497 e. The number of rotatable bonds is 6. The molecule has 0 saturated heterocycles. The standard InChI is InChI=1S/C23H22N6O/c1-30-17-4-5-20-18(11-17)16(12-27-20)7-9-26-23-28-13-19(22(24)29-23)15-3-2-14-6-8-25-21(14)10-15/h2-6,8,10-13,25,27H,7,9H2,1H3,(H3,24,26,28,29). The zero-order valence-electron chi connectivity index (χ0n) is 16.6. The van der Waals surface area contributed by atoms with Crippen LogP contribution in [0.2, 0.25) is 0 Å². The first-order valence-electron chi connectivity index (χ1n) is 9.79. The van der Waals surface area contributed by atoms with E-state index < -0.39 is 0 Å². The summed E-state index contributed by atoms with van der Waals surface area (Å²) in [7, 11) is 1.68. The summed E-state index contributed by atoms with van der Waals surface area (Å²) in [4.78, 5) is 15.4. The molecular weight excluding hydrogens is 376 g/mol. The largest absolute Gasteiger partial charge is 0.497 e. The lowest BCUT2D eigenvalue weighted by Crippen LogP contribution is -2.09. The smallest absolute Gasteiger partial charge is 0.224 e. The first-order chi connectivity index (χ1) is 14.7. The summed E-state index contributed by atoms with van der Waals surface area (Å²) in [5.74, 6) is 1.82. The van der Waals surface area contributed by atoms with Crippen molar-refractivity contribution in [3.8, 4) is 16.9 Å². The fourth-order valence-electron chi connectivity index (χ4n) is 3.72. The maximum Gasteiger partial charge on any atom is 0.224 e. The molecule has 7 heteroatoms. The van der Waals surface area contributed by atoms with Crippen molar-refractivity contribution in [3.05, 3.63) is 66.6 Å². The van der Waals surface area contributed by atoms with E-state index in [2.05, 4.69) is 37.4 Å². The van der Waals surface area contributed by atoms with Crippen molar-refractivity contribution in [1.82, 2.24) is 19.9 Å². The van der Waals surface area contributed by atoms with E-state index in [0.717, 1.165) is 45.1 Å². The van der Waals surface area contributed by atoms with Gasteiger partial charge in [0, 0.05) is 47.1 Å². The predicted octanol–water partition coefficient (Wildman–Crippen LogP) is 4.35. The van der Waals surface area contributed by atoms with Gasteiger partial charge in [0.05, 0.1) is 7.11 Å². The number of ether oxygens (including phenoxy) is 1. The summed E-state index contributed by atoms with van der Waals surface area (Å²) in [5.41, 5.74) is 11.4. The Kier molecular flexibility index (Phi) is 4.48. The topological polar surface area (TPSA) is 105 Å². The lowest BCUT2D eigenvalue weighted by atomic mass is 10.1. The second-order valence-electron chi connectivity index (χ2n) is 7.17. The Bertz CT molecular complexity index is 1340. The van der Waals surface area contributed by atoms with Crippen LogP contribution in [0.15, 0.2) is 61.1 Å². The van der Waals surface area contributed by atoms with Gasteiger partial charge in [-0.25, -0.2) is 4.98 Å². The average molecular weight is 398 g/mol. The van der Waals surface area contributed by atoms with Gasteiger partial charge in [0.2, 0.25) is 5.95 Å². The average Bonchev–Trinajstić information content (AvgIpc) is 3.40. The number of benzene rings is 2. The van der Waals surface area contributed by atoms with E-state index in [9.17, 15) is 0 Å². The number of aromatic amines is 2. The molecule has 5 N–H and O–H groups in total. The van der Waals surface area contributed by atoms with Gasteiger partial charge in [-0.3, -0.25) is 0 Å². The number of hydrogen-bond donors (Lipinski definition) is 4. The van der Waals surface area contributed by atoms with E-state index in [1.165, 1.54) is 5.56 Å². The normalized spacial score (nSPS) is 11.2. The summed E-state index contributed by atoms with van der Waals surface area (Å²) >= 11 is 0. The van der Waals surface area contributed by atoms with Crippen LogP contribution in [-0.4, -0.2) is 33.6 Å². The molecule has 5 aromatic rings. The second kappa shape index (κ2) is 7.44. The van der Waals surface area contributed by atoms with Crippen LogP contribution in [0.4, 0.5) is 11.8 Å². The molecule has 0 aliphatic heterocycles. The molecule has 0 unspecified atom stereocenters. The van der Waals surface area contributed by atoms with Crippen LogP contribution in [0, 0.1) is 0 Å². The number of nitrogens with one attached hydrogen (secondary N) is 3. The van der Waals surface area contributed by atoms with Crippen molar-refractivity contribution in [1.29, 1.82) is 0 Å². The number of methoxy groups -OCH3 is 1. The zero-order valence-corrected chi connectivity index (χ0v) is 16.6. The van der Waals surface area contributed by atoms with E-state index in [-0.39, 0.29) is 0 Å². The molecule has 0 fully saturated rings. The van der Waals surface area contributed by atoms with Crippen molar-refractivity contribution in [3.63, 3.8) is 0 Å². The van der Waals surface area contributed by atoms with Gasteiger partial charge in [-0.05, 0) is 53.3 Å². The van der Waals surface area contributed by atoms with E-state index >= 15 is 0 Å². The fraction of sp³-hybridized carbons (Fsp3) is 0.130. The molecule has 0 atom stereocenters. The van der Waals surface area contributed by atoms with Crippen LogP contribution in [0.1, 0.15) is 5.56 Å². The number of nitrogen functional groups attached to an aromatic ring is 1. The first-order valence-corrected chi connectivity index (χ1v) is 9.79. The molecule has 7 nitrogen and oxygen atoms in total. The Hall–Kier alpha value is -4.00. The number of hydrogen-bond acceptors (Lipinski definition) is 5. The number of aromatic nitrogens is 4. The Labute approximate surface area is 173 Å². The third-order valence-electron chi connectivity index (χ3n) is 5.34. The number of anilines is 2. The van der Waals surface area contributed by atoms with Gasteiger partial charge >= 0.3 is 0 Å². The Balaban J connectivity index is 1.30. The molecule has 0 saturated carbocycles. The third kappa shape index (κ3) is 3.30. The van der Waals surface area contributed by atoms with Gasteiger partial charge in [-0.2, -0.15) is 4.98 Å². The van der Waals surface area contributed by atoms with Crippen LogP contribution in [0.5, 0.6) is 5.75 Å². The van der Waals surface area contributed by atoms with Crippen molar-refractivity contribution in [2.24, 2.45) is 0 Å². The lowest BCUT2D eigenvalue weighted by Gasteiger charge is -2.09. The Morgan fingerprint density at radius 1 is 1.07 bits per heavy atom. The molecule has 0 bridgehead atoms. The number of nitrogens with two attached hydrogens (primary N) is 1. The SMILES string of the molecule is COc1ccc2[nH]cc(CCNc3ncc(-c4ccc5cc[nH]c5c4)c(N)n3)c2c1. The van der Waals surface area contributed by atoms with Crippen LogP contribution < -0.4 is 15.8 Å². The zero-order chi connectivity index (χ0) is 20.5. The van der Waals surface area contributed by atoms with Crippen LogP contribution in [0.25, 0.3) is 32.9 Å². The Morgan fingerprint density at radius 2 is 2.00 bits per heavy atom. The summed E-state index contributed by atoms with van der Waals surface area (Å²) in [6.45, 7) is 0.692. The van der Waals surface area contributed by atoms with E-state index in [4.69, 9.17) is 10.5 Å². The summed E-state index contributed by atoms with van der Waals surface area (Å²) in [6.07, 6.45) is 6.54. The van der Waals surface area contributed by atoms with Crippen molar-refractivity contribution < 1.29 is 4.74 Å². The van der Waals surface area contributed by atoms with Crippen LogP contribution in [0.3, 0.4) is 0 Å². The van der Waals surface area contributed by atoms with E-state index in [0.29, 0.717) is 18.3 Å². The number of H-pyrrole nitrogens is 2.